The molecule has 0 saturated heterocycles. The fourth-order valence-corrected chi connectivity index (χ4v) is 3.40. The minimum Gasteiger partial charge on any atom is -0.355 e. The van der Waals surface area contributed by atoms with Gasteiger partial charge in [0, 0.05) is 24.9 Å². The van der Waals surface area contributed by atoms with E-state index in [-0.39, 0.29) is 29.6 Å². The molecule has 0 radical (unpaired) electrons. The van der Waals surface area contributed by atoms with Gasteiger partial charge in [0.1, 0.15) is 11.6 Å². The molecule has 1 aliphatic rings. The zero-order valence-electron chi connectivity index (χ0n) is 13.8. The molecule has 0 spiro atoms. The first-order valence-electron chi connectivity index (χ1n) is 8.16. The normalized spacial score (nSPS) is 19.5. The number of aromatic amines is 1. The Labute approximate surface area is 145 Å². The summed E-state index contributed by atoms with van der Waals surface area (Å²) in [5, 5.41) is 9.99. The number of aromatic nitrogens is 3. The van der Waals surface area contributed by atoms with Gasteiger partial charge in [-0.1, -0.05) is 12.1 Å². The summed E-state index contributed by atoms with van der Waals surface area (Å²) >= 11 is 5.21. The van der Waals surface area contributed by atoms with Crippen molar-refractivity contribution < 1.29 is 9.18 Å². The lowest BCUT2D eigenvalue weighted by molar-refractivity contribution is -0.122. The van der Waals surface area contributed by atoms with Crippen molar-refractivity contribution in [1.82, 2.24) is 20.1 Å². The first-order chi connectivity index (χ1) is 11.5. The third-order valence-electron chi connectivity index (χ3n) is 4.37. The molecule has 0 aliphatic heterocycles. The number of H-pyrrole nitrogens is 1. The van der Waals surface area contributed by atoms with E-state index in [9.17, 15) is 9.18 Å². The quantitative estimate of drug-likeness (QED) is 0.789. The Balaban J connectivity index is 1.51. The van der Waals surface area contributed by atoms with Crippen LogP contribution >= 0.6 is 12.2 Å². The lowest BCUT2D eigenvalue weighted by Gasteiger charge is -2.10. The summed E-state index contributed by atoms with van der Waals surface area (Å²) in [6.45, 7) is 4.62. The van der Waals surface area contributed by atoms with Gasteiger partial charge in [-0.25, -0.2) is 4.39 Å². The number of carbonyl (C=O) groups is 1. The van der Waals surface area contributed by atoms with Crippen molar-refractivity contribution in [2.45, 2.75) is 38.6 Å². The number of benzene rings is 1. The molecule has 5 nitrogen and oxygen atoms in total. The first kappa shape index (κ1) is 16.8. The summed E-state index contributed by atoms with van der Waals surface area (Å²) < 4.78 is 15.5. The van der Waals surface area contributed by atoms with Crippen molar-refractivity contribution in [1.29, 1.82) is 0 Å². The molecular formula is C17H21FN4OS. The fourth-order valence-electron chi connectivity index (χ4n) is 3.04. The predicted octanol–water partition coefficient (Wildman–Crippen LogP) is 3.12. The molecule has 1 saturated carbocycles. The molecule has 0 bridgehead atoms. The molecule has 1 aromatic heterocycles. The predicted molar refractivity (Wildman–Crippen MR) is 91.8 cm³/mol. The van der Waals surface area contributed by atoms with Crippen LogP contribution in [0.2, 0.25) is 0 Å². The van der Waals surface area contributed by atoms with Crippen LogP contribution in [-0.2, 0) is 11.2 Å². The minimum atomic E-state index is -0.251. The molecule has 128 valence electrons. The molecule has 1 aromatic carbocycles. The monoisotopic (exact) mass is 348 g/mol. The van der Waals surface area contributed by atoms with E-state index in [2.05, 4.69) is 15.5 Å². The highest BCUT2D eigenvalue weighted by Gasteiger charge is 2.43. The van der Waals surface area contributed by atoms with Crippen molar-refractivity contribution in [3.05, 3.63) is 46.2 Å². The maximum absolute atomic E-state index is 12.9. The molecule has 1 aliphatic carbocycles. The number of hydrogen-bond acceptors (Lipinski definition) is 3. The van der Waals surface area contributed by atoms with E-state index in [1.807, 2.05) is 18.4 Å². The molecule has 2 atom stereocenters. The molecule has 1 heterocycles. The molecule has 24 heavy (non-hydrogen) atoms. The van der Waals surface area contributed by atoms with Gasteiger partial charge >= 0.3 is 0 Å². The third-order valence-corrected chi connectivity index (χ3v) is 4.66. The van der Waals surface area contributed by atoms with Gasteiger partial charge in [0.15, 0.2) is 4.77 Å². The van der Waals surface area contributed by atoms with E-state index in [0.717, 1.165) is 17.8 Å². The summed E-state index contributed by atoms with van der Waals surface area (Å²) in [7, 11) is 0. The SMILES string of the molecule is CC(C)n1c(CCNC(=O)[C@H]2C[C@@H]2c2ccc(F)cc2)n[nH]c1=S. The Kier molecular flexibility index (Phi) is 4.80. The number of halogens is 1. The summed E-state index contributed by atoms with van der Waals surface area (Å²) in [5.41, 5.74) is 1.03. The van der Waals surface area contributed by atoms with Crippen molar-refractivity contribution in [3.63, 3.8) is 0 Å². The Bertz CT molecular complexity index is 781. The van der Waals surface area contributed by atoms with E-state index < -0.39 is 0 Å². The smallest absolute Gasteiger partial charge is 0.223 e. The maximum Gasteiger partial charge on any atom is 0.223 e. The van der Waals surface area contributed by atoms with Gasteiger partial charge in [-0.15, -0.1) is 0 Å². The highest BCUT2D eigenvalue weighted by Crippen LogP contribution is 2.47. The number of nitrogens with one attached hydrogen (secondary N) is 2. The molecule has 2 aromatic rings. The van der Waals surface area contributed by atoms with E-state index >= 15 is 0 Å². The molecule has 2 N–H and O–H groups in total. The minimum absolute atomic E-state index is 0.0126. The summed E-state index contributed by atoms with van der Waals surface area (Å²) in [6, 6.07) is 6.63. The molecule has 0 unspecified atom stereocenters. The molecule has 1 amide bonds. The maximum atomic E-state index is 12.9. The standard InChI is InChI=1S/C17H21FN4OS/c1-10(2)22-15(20-21-17(22)24)7-8-19-16(23)14-9-13(14)11-3-5-12(18)6-4-11/h3-6,10,13-14H,7-9H2,1-2H3,(H,19,23)(H,21,24)/t13-,14+/m1/s1. The summed E-state index contributed by atoms with van der Waals surface area (Å²) in [6.07, 6.45) is 1.45. The Morgan fingerprint density at radius 2 is 2.17 bits per heavy atom. The Morgan fingerprint density at radius 3 is 2.83 bits per heavy atom. The third kappa shape index (κ3) is 3.56. The number of rotatable bonds is 6. The van der Waals surface area contributed by atoms with E-state index in [1.165, 1.54) is 12.1 Å². The van der Waals surface area contributed by atoms with Crippen molar-refractivity contribution >= 4 is 18.1 Å². The van der Waals surface area contributed by atoms with Crippen LogP contribution in [0.4, 0.5) is 4.39 Å². The second-order valence-corrected chi connectivity index (χ2v) is 6.84. The van der Waals surface area contributed by atoms with Crippen molar-refractivity contribution in [2.75, 3.05) is 6.54 Å². The summed E-state index contributed by atoms with van der Waals surface area (Å²) in [4.78, 5) is 12.2. The highest BCUT2D eigenvalue weighted by atomic mass is 32.1. The van der Waals surface area contributed by atoms with Crippen LogP contribution in [-0.4, -0.2) is 27.2 Å². The largest absolute Gasteiger partial charge is 0.355 e. The van der Waals surface area contributed by atoms with Crippen LogP contribution < -0.4 is 5.32 Å². The number of nitrogens with zero attached hydrogens (tertiary/aromatic N) is 2. The molecule has 3 rings (SSSR count). The van der Waals surface area contributed by atoms with E-state index in [1.54, 1.807) is 12.1 Å². The number of amides is 1. The zero-order valence-corrected chi connectivity index (χ0v) is 14.6. The van der Waals surface area contributed by atoms with Crippen LogP contribution in [0.25, 0.3) is 0 Å². The van der Waals surface area contributed by atoms with E-state index in [0.29, 0.717) is 17.7 Å². The molecule has 1 fully saturated rings. The lowest BCUT2D eigenvalue weighted by Crippen LogP contribution is -2.28. The van der Waals surface area contributed by atoms with Gasteiger partial charge in [0.2, 0.25) is 5.91 Å². The van der Waals surface area contributed by atoms with Crippen LogP contribution in [0.5, 0.6) is 0 Å². The Morgan fingerprint density at radius 1 is 1.46 bits per heavy atom. The average molecular weight is 348 g/mol. The second-order valence-electron chi connectivity index (χ2n) is 6.45. The van der Waals surface area contributed by atoms with Crippen LogP contribution in [0, 0.1) is 16.5 Å². The fraction of sp³-hybridized carbons (Fsp3) is 0.471. The van der Waals surface area contributed by atoms with Gasteiger partial charge in [-0.2, -0.15) is 5.10 Å². The van der Waals surface area contributed by atoms with Crippen molar-refractivity contribution in [2.24, 2.45) is 5.92 Å². The topological polar surface area (TPSA) is 62.7 Å². The first-order valence-corrected chi connectivity index (χ1v) is 8.57. The molecule has 7 heteroatoms. The van der Waals surface area contributed by atoms with Crippen LogP contribution in [0.1, 0.15) is 43.6 Å². The zero-order chi connectivity index (χ0) is 17.3. The lowest BCUT2D eigenvalue weighted by atomic mass is 10.1. The van der Waals surface area contributed by atoms with Crippen molar-refractivity contribution in [3.8, 4) is 0 Å². The summed E-state index contributed by atoms with van der Waals surface area (Å²) in [5.74, 6) is 0.840. The van der Waals surface area contributed by atoms with Gasteiger partial charge < -0.3 is 9.88 Å². The van der Waals surface area contributed by atoms with Gasteiger partial charge in [0.05, 0.1) is 0 Å². The van der Waals surface area contributed by atoms with E-state index in [4.69, 9.17) is 12.2 Å². The van der Waals surface area contributed by atoms with Crippen LogP contribution in [0.3, 0.4) is 0 Å². The highest BCUT2D eigenvalue weighted by molar-refractivity contribution is 7.71. The second kappa shape index (κ2) is 6.84. The number of carbonyl (C=O) groups excluding carboxylic acids is 1. The Hall–Kier alpha value is -2.02. The van der Waals surface area contributed by atoms with Crippen LogP contribution in [0.15, 0.2) is 24.3 Å². The molecular weight excluding hydrogens is 327 g/mol. The van der Waals surface area contributed by atoms with Gasteiger partial charge in [0.25, 0.3) is 0 Å². The average Bonchev–Trinajstić information content (AvgIpc) is 3.25. The van der Waals surface area contributed by atoms with Gasteiger partial charge in [-0.3, -0.25) is 9.89 Å². The van der Waals surface area contributed by atoms with Gasteiger partial charge in [-0.05, 0) is 56.1 Å². The number of hydrogen-bond donors (Lipinski definition) is 2.